The Balaban J connectivity index is 1.90. The molecule has 0 saturated heterocycles. The zero-order chi connectivity index (χ0) is 29.8. The van der Waals surface area contributed by atoms with Gasteiger partial charge in [0.2, 0.25) is 11.7 Å². The lowest BCUT2D eigenvalue weighted by molar-refractivity contribution is -0.184. The molecule has 0 spiro atoms. The normalized spacial score (nSPS) is 29.3. The topological polar surface area (TPSA) is 203 Å². The molecule has 3 aliphatic carbocycles. The first-order valence-electron chi connectivity index (χ1n) is 12.7. The van der Waals surface area contributed by atoms with Crippen molar-refractivity contribution in [3.8, 4) is 5.75 Å². The predicted molar refractivity (Wildman–Crippen MR) is 144 cm³/mol. The number of anilines is 2. The maximum absolute atomic E-state index is 14.0. The summed E-state index contributed by atoms with van der Waals surface area (Å²) in [6.07, 6.45) is -0.983. The maximum Gasteiger partial charge on any atom is 0.412 e. The lowest BCUT2D eigenvalue weighted by atomic mass is 9.54. The van der Waals surface area contributed by atoms with Crippen molar-refractivity contribution in [2.75, 3.05) is 45.0 Å². The van der Waals surface area contributed by atoms with Crippen molar-refractivity contribution in [2.24, 2.45) is 23.5 Å². The van der Waals surface area contributed by atoms with Gasteiger partial charge in [-0.3, -0.25) is 19.7 Å². The summed E-state index contributed by atoms with van der Waals surface area (Å²) in [4.78, 5) is 55.0. The van der Waals surface area contributed by atoms with Gasteiger partial charge in [0, 0.05) is 37.3 Å². The number of aromatic hydroxyl groups is 1. The van der Waals surface area contributed by atoms with Gasteiger partial charge in [-0.25, -0.2) is 4.79 Å². The van der Waals surface area contributed by atoms with Gasteiger partial charge in [-0.2, -0.15) is 0 Å². The van der Waals surface area contributed by atoms with E-state index in [0.717, 1.165) is 0 Å². The second kappa shape index (κ2) is 10.2. The van der Waals surface area contributed by atoms with Crippen molar-refractivity contribution >= 4 is 40.7 Å². The van der Waals surface area contributed by atoms with Gasteiger partial charge in [0.15, 0.2) is 17.1 Å². The molecule has 6 atom stereocenters. The van der Waals surface area contributed by atoms with Crippen LogP contribution >= 0.6 is 0 Å². The Kier molecular flexibility index (Phi) is 7.43. The fourth-order valence-electron chi connectivity index (χ4n) is 6.43. The summed E-state index contributed by atoms with van der Waals surface area (Å²) >= 11 is 0. The highest BCUT2D eigenvalue weighted by atomic mass is 16.5. The number of nitrogens with one attached hydrogen (secondary N) is 1. The molecule has 0 aromatic heterocycles. The number of nitrogens with two attached hydrogens (primary N) is 1. The molecule has 2 saturated carbocycles. The number of aliphatic hydroxyl groups excluding tert-OH is 2. The van der Waals surface area contributed by atoms with E-state index in [1.807, 2.05) is 0 Å². The number of aliphatic hydroxyl groups is 3. The number of primary amides is 1. The van der Waals surface area contributed by atoms with Crippen LogP contribution in [0.4, 0.5) is 16.2 Å². The molecule has 2 fully saturated rings. The van der Waals surface area contributed by atoms with Gasteiger partial charge in [0.25, 0.3) is 0 Å². The zero-order valence-corrected chi connectivity index (χ0v) is 22.7. The third-order valence-corrected chi connectivity index (χ3v) is 8.12. The summed E-state index contributed by atoms with van der Waals surface area (Å²) in [6.45, 7) is 3.37. The van der Waals surface area contributed by atoms with Gasteiger partial charge >= 0.3 is 6.09 Å². The standard InChI is InChI=1S/C27H34N4O9/c1-6-7-40-26(38)29-14-10-15(30(2)3)12-8-11-9-13-19(31(4)5)22(34)18(25(28)37)24(36)27(13,39)23(35)16(11)21(33)17(12)20(14)32/h6,10-11,13,18-19,22,32-34,39H,1,7-9H2,2-5H3,(H2,28,37)(H,29,38)/t11?,13?,18?,19-,22?,27-/m0/s1. The largest absolute Gasteiger partial charge is 0.507 e. The number of nitrogens with zero attached hydrogens (tertiary/aromatic N) is 2. The van der Waals surface area contributed by atoms with E-state index in [2.05, 4.69) is 11.9 Å². The van der Waals surface area contributed by atoms with E-state index >= 15 is 0 Å². The van der Waals surface area contributed by atoms with E-state index in [1.54, 1.807) is 33.1 Å². The molecule has 1 aromatic rings. The minimum absolute atomic E-state index is 0.000285. The van der Waals surface area contributed by atoms with Crippen LogP contribution in [0.3, 0.4) is 0 Å². The minimum atomic E-state index is -2.75. The van der Waals surface area contributed by atoms with Crippen LogP contribution in [0.1, 0.15) is 17.5 Å². The van der Waals surface area contributed by atoms with Crippen LogP contribution in [0.25, 0.3) is 5.76 Å². The Bertz CT molecular complexity index is 1340. The monoisotopic (exact) mass is 558 g/mol. The van der Waals surface area contributed by atoms with Crippen molar-refractivity contribution in [1.29, 1.82) is 0 Å². The quantitative estimate of drug-likeness (QED) is 0.155. The molecule has 1 aromatic carbocycles. The van der Waals surface area contributed by atoms with Crippen LogP contribution in [0.2, 0.25) is 0 Å². The average Bonchev–Trinajstić information content (AvgIpc) is 2.85. The van der Waals surface area contributed by atoms with E-state index in [1.165, 1.54) is 17.0 Å². The molecule has 0 radical (unpaired) electrons. The minimum Gasteiger partial charge on any atom is -0.507 e. The molecule has 0 aliphatic heterocycles. The SMILES string of the molecule is C=CCOC(=O)Nc1cc(N(C)C)c2c(c1O)C(O)=C1C(=O)[C@]3(O)C(=O)C(C(N)=O)C(O)[C@@H](N(C)C)C3CC1C2. The smallest absolute Gasteiger partial charge is 0.412 e. The van der Waals surface area contributed by atoms with Crippen LogP contribution in [0.15, 0.2) is 24.3 Å². The van der Waals surface area contributed by atoms with Crippen LogP contribution in [-0.4, -0.2) is 101 Å². The number of benzene rings is 1. The van der Waals surface area contributed by atoms with Crippen LogP contribution in [0, 0.1) is 17.8 Å². The Morgan fingerprint density at radius 1 is 1.25 bits per heavy atom. The summed E-state index contributed by atoms with van der Waals surface area (Å²) in [5.74, 6) is -8.42. The Morgan fingerprint density at radius 2 is 1.90 bits per heavy atom. The molecule has 0 bridgehead atoms. The molecule has 0 heterocycles. The summed E-state index contributed by atoms with van der Waals surface area (Å²) in [7, 11) is 6.61. The van der Waals surface area contributed by atoms with Gasteiger partial charge in [0.1, 0.15) is 18.3 Å². The third kappa shape index (κ3) is 4.21. The number of likely N-dealkylation sites (N-methyl/N-ethyl adjacent to an activating group) is 1. The van der Waals surface area contributed by atoms with Gasteiger partial charge in [-0.15, -0.1) is 0 Å². The fourth-order valence-corrected chi connectivity index (χ4v) is 6.43. The molecule has 40 heavy (non-hydrogen) atoms. The molecule has 13 nitrogen and oxygen atoms in total. The lowest BCUT2D eigenvalue weighted by Crippen LogP contribution is -2.73. The molecule has 4 unspecified atom stereocenters. The third-order valence-electron chi connectivity index (χ3n) is 8.12. The Labute approximate surface area is 230 Å². The molecular formula is C27H34N4O9. The first-order chi connectivity index (χ1) is 18.7. The number of fused-ring (bicyclic) bond motifs is 3. The van der Waals surface area contributed by atoms with E-state index < -0.39 is 70.6 Å². The number of carbonyl (C=O) groups is 4. The number of rotatable bonds is 6. The molecule has 13 heteroatoms. The number of Topliss-reactive ketones (excluding diaryl/α,β-unsaturated/α-hetero) is 2. The fraction of sp³-hybridized carbons (Fsp3) is 0.481. The maximum atomic E-state index is 14.0. The summed E-state index contributed by atoms with van der Waals surface area (Å²) in [5.41, 5.74) is 3.08. The lowest BCUT2D eigenvalue weighted by Gasteiger charge is -2.53. The number of phenolic OH excluding ortho intramolecular Hbond substituents is 1. The molecule has 4 rings (SSSR count). The molecule has 3 aliphatic rings. The second-order valence-corrected chi connectivity index (χ2v) is 10.8. The number of hydrogen-bond acceptors (Lipinski definition) is 11. The van der Waals surface area contributed by atoms with E-state index in [0.29, 0.717) is 11.3 Å². The van der Waals surface area contributed by atoms with Crippen molar-refractivity contribution in [3.05, 3.63) is 35.4 Å². The van der Waals surface area contributed by atoms with E-state index in [4.69, 9.17) is 10.5 Å². The van der Waals surface area contributed by atoms with Crippen molar-refractivity contribution in [2.45, 2.75) is 30.6 Å². The second-order valence-electron chi connectivity index (χ2n) is 10.8. The van der Waals surface area contributed by atoms with Crippen molar-refractivity contribution in [1.82, 2.24) is 4.90 Å². The molecule has 216 valence electrons. The molecule has 7 N–H and O–H groups in total. The summed E-state index contributed by atoms with van der Waals surface area (Å²) in [5, 5.41) is 47.7. The predicted octanol–water partition coefficient (Wildman–Crippen LogP) is -0.0705. The number of carbonyl (C=O) groups excluding carboxylic acids is 4. The zero-order valence-electron chi connectivity index (χ0n) is 22.7. The van der Waals surface area contributed by atoms with Crippen molar-refractivity contribution < 1.29 is 44.3 Å². The number of ether oxygens (including phenoxy) is 1. The van der Waals surface area contributed by atoms with Gasteiger partial charge in [-0.05, 0) is 44.5 Å². The van der Waals surface area contributed by atoms with E-state index in [-0.39, 0.29) is 36.3 Å². The van der Waals surface area contributed by atoms with Gasteiger partial charge in [-0.1, -0.05) is 12.7 Å². The molecular weight excluding hydrogens is 524 g/mol. The summed E-state index contributed by atoms with van der Waals surface area (Å²) < 4.78 is 4.92. The van der Waals surface area contributed by atoms with Crippen LogP contribution in [-0.2, 0) is 25.5 Å². The number of phenols is 1. The van der Waals surface area contributed by atoms with Crippen molar-refractivity contribution in [3.63, 3.8) is 0 Å². The van der Waals surface area contributed by atoms with Gasteiger partial charge in [0.05, 0.1) is 17.4 Å². The highest BCUT2D eigenvalue weighted by Crippen LogP contribution is 2.54. The first kappa shape index (κ1) is 29.1. The number of ketones is 2. The molecule has 2 amide bonds. The Hall–Kier alpha value is -3.94. The highest BCUT2D eigenvalue weighted by Gasteiger charge is 2.67. The average molecular weight is 559 g/mol. The van der Waals surface area contributed by atoms with Crippen LogP contribution in [0.5, 0.6) is 5.75 Å². The Morgan fingerprint density at radius 3 is 2.45 bits per heavy atom. The van der Waals surface area contributed by atoms with E-state index in [9.17, 15) is 39.6 Å². The summed E-state index contributed by atoms with van der Waals surface area (Å²) in [6, 6.07) is 0.514. The van der Waals surface area contributed by atoms with Crippen LogP contribution < -0.4 is 16.0 Å². The highest BCUT2D eigenvalue weighted by molar-refractivity contribution is 6.25. The number of amides is 2. The first-order valence-corrected chi connectivity index (χ1v) is 12.7. The number of hydrogen-bond donors (Lipinski definition) is 6. The van der Waals surface area contributed by atoms with Gasteiger partial charge < -0.3 is 40.7 Å².